The van der Waals surface area contributed by atoms with E-state index in [1.807, 2.05) is 48.5 Å². The lowest BCUT2D eigenvalue weighted by Gasteiger charge is -2.12. The van der Waals surface area contributed by atoms with Crippen LogP contribution in [0.5, 0.6) is 0 Å². The molecule has 8 heteroatoms. The van der Waals surface area contributed by atoms with Crippen LogP contribution in [0.25, 0.3) is 66.9 Å². The van der Waals surface area contributed by atoms with Crippen molar-refractivity contribution < 1.29 is 10.0 Å². The Balaban J connectivity index is 1.47. The number of para-hydroxylation sites is 4. The molecule has 0 saturated carbocycles. The molecule has 5 aromatic carbocycles. The van der Waals surface area contributed by atoms with Gasteiger partial charge in [0.15, 0.2) is 5.82 Å². The zero-order valence-electron chi connectivity index (χ0n) is 21.8. The molecule has 0 atom stereocenters. The van der Waals surface area contributed by atoms with Crippen molar-refractivity contribution in [3.05, 3.63) is 121 Å². The number of fused-ring (bicyclic) bond motifs is 6. The third kappa shape index (κ3) is 3.66. The minimum atomic E-state index is -1.55. The van der Waals surface area contributed by atoms with Crippen molar-refractivity contribution in [2.75, 3.05) is 0 Å². The van der Waals surface area contributed by atoms with E-state index in [0.29, 0.717) is 23.2 Å². The van der Waals surface area contributed by atoms with Gasteiger partial charge in [-0.3, -0.25) is 9.13 Å². The van der Waals surface area contributed by atoms with Gasteiger partial charge in [0, 0.05) is 27.1 Å². The highest BCUT2D eigenvalue weighted by Crippen LogP contribution is 2.34. The maximum atomic E-state index is 9.63. The number of hydrogen-bond donors (Lipinski definition) is 2. The SMILES string of the molecule is OB(O)c1ccc(-c2nc(-n3c4ccccc4c4ccccc43)nc(-n3c4ccccc4c4ccccc43)n2)cc1. The van der Waals surface area contributed by atoms with Crippen LogP contribution in [0.1, 0.15) is 0 Å². The van der Waals surface area contributed by atoms with Crippen LogP contribution in [-0.4, -0.2) is 41.3 Å². The summed E-state index contributed by atoms with van der Waals surface area (Å²) in [6, 6.07) is 40.0. The third-order valence-electron chi connectivity index (χ3n) is 7.64. The van der Waals surface area contributed by atoms with Crippen LogP contribution >= 0.6 is 0 Å². The molecule has 0 radical (unpaired) electrons. The van der Waals surface area contributed by atoms with Gasteiger partial charge in [0.2, 0.25) is 11.9 Å². The molecule has 7 nitrogen and oxygen atoms in total. The average Bonchev–Trinajstić information content (AvgIpc) is 3.54. The average molecular weight is 531 g/mol. The normalized spacial score (nSPS) is 11.7. The van der Waals surface area contributed by atoms with Crippen LogP contribution in [0.4, 0.5) is 0 Å². The van der Waals surface area contributed by atoms with E-state index in [1.54, 1.807) is 24.3 Å². The van der Waals surface area contributed by atoms with Crippen molar-refractivity contribution in [1.82, 2.24) is 24.1 Å². The number of hydrogen-bond acceptors (Lipinski definition) is 5. The Labute approximate surface area is 234 Å². The fraction of sp³-hybridized carbons (Fsp3) is 0. The Bertz CT molecular complexity index is 2010. The highest BCUT2D eigenvalue weighted by molar-refractivity contribution is 6.58. The number of aromatic nitrogens is 5. The summed E-state index contributed by atoms with van der Waals surface area (Å²) in [4.78, 5) is 15.1. The molecule has 8 rings (SSSR count). The standard InChI is InChI=1S/C33H22BN5O2/c40-34(41)22-19-17-21(18-20-22)31-35-32(38-27-13-5-1-9-23(27)24-10-2-6-14-28(24)38)37-33(36-31)39-29-15-7-3-11-25(29)26-12-4-8-16-30(26)39/h1-20,40-41H. The summed E-state index contributed by atoms with van der Waals surface area (Å²) in [6.07, 6.45) is 0. The van der Waals surface area contributed by atoms with E-state index in [4.69, 9.17) is 15.0 Å². The van der Waals surface area contributed by atoms with Crippen LogP contribution < -0.4 is 5.46 Å². The summed E-state index contributed by atoms with van der Waals surface area (Å²) < 4.78 is 4.16. The van der Waals surface area contributed by atoms with Gasteiger partial charge in [0.05, 0.1) is 22.1 Å². The monoisotopic (exact) mass is 531 g/mol. The molecule has 0 amide bonds. The quantitative estimate of drug-likeness (QED) is 0.297. The van der Waals surface area contributed by atoms with Gasteiger partial charge in [0.1, 0.15) is 0 Å². The molecule has 0 saturated heterocycles. The number of rotatable bonds is 4. The summed E-state index contributed by atoms with van der Waals surface area (Å²) >= 11 is 0. The predicted octanol–water partition coefficient (Wildman–Crippen LogP) is 5.41. The van der Waals surface area contributed by atoms with Gasteiger partial charge in [0.25, 0.3) is 0 Å². The van der Waals surface area contributed by atoms with Crippen molar-refractivity contribution in [2.24, 2.45) is 0 Å². The molecule has 0 spiro atoms. The topological polar surface area (TPSA) is 89.0 Å². The van der Waals surface area contributed by atoms with Crippen LogP contribution in [0.2, 0.25) is 0 Å². The summed E-state index contributed by atoms with van der Waals surface area (Å²) in [5.41, 5.74) is 5.12. The van der Waals surface area contributed by atoms with Crippen LogP contribution in [0.3, 0.4) is 0 Å². The lowest BCUT2D eigenvalue weighted by molar-refractivity contribution is 0.426. The Morgan fingerprint density at radius 3 is 1.17 bits per heavy atom. The first-order valence-corrected chi connectivity index (χ1v) is 13.4. The maximum Gasteiger partial charge on any atom is 0.488 e. The first kappa shape index (κ1) is 23.6. The molecule has 194 valence electrons. The number of nitrogens with zero attached hydrogens (tertiary/aromatic N) is 5. The molecular weight excluding hydrogens is 509 g/mol. The summed E-state index contributed by atoms with van der Waals surface area (Å²) in [6.45, 7) is 0. The first-order chi connectivity index (χ1) is 20.2. The van der Waals surface area contributed by atoms with Gasteiger partial charge in [-0.15, -0.1) is 0 Å². The molecule has 0 aliphatic heterocycles. The lowest BCUT2D eigenvalue weighted by atomic mass is 9.80. The fourth-order valence-electron chi connectivity index (χ4n) is 5.76. The molecule has 8 aromatic rings. The van der Waals surface area contributed by atoms with Crippen molar-refractivity contribution in [2.45, 2.75) is 0 Å². The van der Waals surface area contributed by atoms with Gasteiger partial charge in [-0.2, -0.15) is 15.0 Å². The molecule has 0 bridgehead atoms. The van der Waals surface area contributed by atoms with E-state index in [0.717, 1.165) is 49.2 Å². The first-order valence-electron chi connectivity index (χ1n) is 13.4. The molecule has 0 fully saturated rings. The van der Waals surface area contributed by atoms with Crippen molar-refractivity contribution in [3.63, 3.8) is 0 Å². The largest absolute Gasteiger partial charge is 0.488 e. The van der Waals surface area contributed by atoms with E-state index >= 15 is 0 Å². The van der Waals surface area contributed by atoms with Crippen LogP contribution in [0.15, 0.2) is 121 Å². The second kappa shape index (κ2) is 9.13. The Kier molecular flexibility index (Phi) is 5.25. The Hall–Kier alpha value is -5.31. The highest BCUT2D eigenvalue weighted by Gasteiger charge is 2.20. The highest BCUT2D eigenvalue weighted by atomic mass is 16.4. The molecule has 0 aliphatic rings. The van der Waals surface area contributed by atoms with Crippen molar-refractivity contribution in [3.8, 4) is 23.3 Å². The minimum Gasteiger partial charge on any atom is -0.423 e. The summed E-state index contributed by atoms with van der Waals surface area (Å²) in [5.74, 6) is 1.47. The Morgan fingerprint density at radius 2 is 0.805 bits per heavy atom. The summed E-state index contributed by atoms with van der Waals surface area (Å²) in [7, 11) is -1.55. The smallest absolute Gasteiger partial charge is 0.423 e. The maximum absolute atomic E-state index is 9.63. The van der Waals surface area contributed by atoms with E-state index in [2.05, 4.69) is 57.7 Å². The van der Waals surface area contributed by atoms with Gasteiger partial charge in [-0.25, -0.2) is 0 Å². The Morgan fingerprint density at radius 1 is 0.439 bits per heavy atom. The fourth-order valence-corrected chi connectivity index (χ4v) is 5.76. The molecular formula is C33H22BN5O2. The van der Waals surface area contributed by atoms with Crippen LogP contribution in [0, 0.1) is 0 Å². The van der Waals surface area contributed by atoms with Gasteiger partial charge >= 0.3 is 7.12 Å². The van der Waals surface area contributed by atoms with Gasteiger partial charge in [-0.05, 0) is 29.7 Å². The predicted molar refractivity (Wildman–Crippen MR) is 164 cm³/mol. The second-order valence-electron chi connectivity index (χ2n) is 9.99. The third-order valence-corrected chi connectivity index (χ3v) is 7.64. The summed E-state index contributed by atoms with van der Waals surface area (Å²) in [5, 5.41) is 23.7. The molecule has 0 aliphatic carbocycles. The van der Waals surface area contributed by atoms with Gasteiger partial charge in [-0.1, -0.05) is 97.1 Å². The van der Waals surface area contributed by atoms with Crippen LogP contribution in [-0.2, 0) is 0 Å². The van der Waals surface area contributed by atoms with E-state index in [9.17, 15) is 10.0 Å². The van der Waals surface area contributed by atoms with Gasteiger partial charge < -0.3 is 10.0 Å². The molecule has 41 heavy (non-hydrogen) atoms. The van der Waals surface area contributed by atoms with E-state index in [-0.39, 0.29) is 0 Å². The lowest BCUT2D eigenvalue weighted by Crippen LogP contribution is -2.29. The number of benzene rings is 5. The second-order valence-corrected chi connectivity index (χ2v) is 9.99. The molecule has 3 heterocycles. The van der Waals surface area contributed by atoms with Crippen molar-refractivity contribution >= 4 is 56.2 Å². The molecule has 2 N–H and O–H groups in total. The molecule has 3 aromatic heterocycles. The zero-order valence-corrected chi connectivity index (χ0v) is 21.8. The van der Waals surface area contributed by atoms with E-state index < -0.39 is 7.12 Å². The van der Waals surface area contributed by atoms with E-state index in [1.165, 1.54) is 0 Å². The van der Waals surface area contributed by atoms with Crippen molar-refractivity contribution in [1.29, 1.82) is 0 Å². The minimum absolute atomic E-state index is 0.396. The molecule has 0 unspecified atom stereocenters. The zero-order chi connectivity index (χ0) is 27.5.